The molecule has 0 saturated heterocycles. The summed E-state index contributed by atoms with van der Waals surface area (Å²) in [6.45, 7) is 1.36. The zero-order valence-electron chi connectivity index (χ0n) is 15.0. The van der Waals surface area contributed by atoms with Crippen molar-refractivity contribution in [1.29, 1.82) is 0 Å². The predicted molar refractivity (Wildman–Crippen MR) is 106 cm³/mol. The van der Waals surface area contributed by atoms with Crippen LogP contribution in [0.2, 0.25) is 10.0 Å². The maximum Gasteiger partial charge on any atom is 0.196 e. The number of hydrogen-bond acceptors (Lipinski definition) is 6. The Morgan fingerprint density at radius 3 is 2.74 bits per heavy atom. The highest BCUT2D eigenvalue weighted by atomic mass is 35.5. The number of imidazole rings is 1. The van der Waals surface area contributed by atoms with E-state index in [2.05, 4.69) is 15.1 Å². The van der Waals surface area contributed by atoms with Gasteiger partial charge in [0.15, 0.2) is 11.5 Å². The molecular formula is C18H21Cl2N5O2. The van der Waals surface area contributed by atoms with E-state index in [1.54, 1.807) is 23.9 Å². The van der Waals surface area contributed by atoms with Crippen molar-refractivity contribution in [3.63, 3.8) is 0 Å². The number of nitrogens with two attached hydrogens (primary N) is 1. The number of fused-ring (bicyclic) bond motifs is 1. The fourth-order valence-corrected chi connectivity index (χ4v) is 3.17. The molecule has 0 atom stereocenters. The zero-order valence-corrected chi connectivity index (χ0v) is 16.5. The van der Waals surface area contributed by atoms with Crippen LogP contribution >= 0.6 is 23.2 Å². The third-order valence-electron chi connectivity index (χ3n) is 4.16. The van der Waals surface area contributed by atoms with Crippen LogP contribution in [0.25, 0.3) is 5.65 Å². The highest BCUT2D eigenvalue weighted by Gasteiger charge is 2.16. The molecule has 2 N–H and O–H groups in total. The first-order valence-corrected chi connectivity index (χ1v) is 9.39. The molecule has 0 aliphatic rings. The van der Waals surface area contributed by atoms with Crippen LogP contribution in [0.15, 0.2) is 24.7 Å². The van der Waals surface area contributed by atoms with Gasteiger partial charge in [-0.15, -0.1) is 0 Å². The van der Waals surface area contributed by atoms with Gasteiger partial charge >= 0.3 is 0 Å². The maximum atomic E-state index is 6.46. The van der Waals surface area contributed by atoms with Crippen molar-refractivity contribution in [3.8, 4) is 5.75 Å². The Balaban J connectivity index is 1.79. The average molecular weight is 410 g/mol. The number of rotatable bonds is 9. The molecule has 0 radical (unpaired) electrons. The van der Waals surface area contributed by atoms with Crippen LogP contribution in [0.1, 0.15) is 30.5 Å². The summed E-state index contributed by atoms with van der Waals surface area (Å²) >= 11 is 12.7. The lowest BCUT2D eigenvalue weighted by Crippen LogP contribution is -2.05. The van der Waals surface area contributed by atoms with Gasteiger partial charge in [-0.05, 0) is 31.4 Å². The van der Waals surface area contributed by atoms with Gasteiger partial charge in [0.05, 0.1) is 28.5 Å². The van der Waals surface area contributed by atoms with Gasteiger partial charge in [-0.25, -0.2) is 14.5 Å². The monoisotopic (exact) mass is 409 g/mol. The molecule has 0 bridgehead atoms. The van der Waals surface area contributed by atoms with Crippen molar-refractivity contribution in [2.45, 2.75) is 25.7 Å². The molecule has 9 heteroatoms. The molecule has 0 spiro atoms. The van der Waals surface area contributed by atoms with Crippen LogP contribution in [-0.4, -0.2) is 39.9 Å². The summed E-state index contributed by atoms with van der Waals surface area (Å²) in [5.41, 5.74) is 7.96. The van der Waals surface area contributed by atoms with Crippen molar-refractivity contribution >= 4 is 34.7 Å². The second-order valence-electron chi connectivity index (χ2n) is 6.05. The van der Waals surface area contributed by atoms with E-state index in [-0.39, 0.29) is 0 Å². The Kier molecular flexibility index (Phi) is 6.71. The minimum atomic E-state index is 0.320. The first-order valence-electron chi connectivity index (χ1n) is 8.63. The van der Waals surface area contributed by atoms with Crippen LogP contribution in [0.5, 0.6) is 5.75 Å². The van der Waals surface area contributed by atoms with Gasteiger partial charge in [-0.2, -0.15) is 5.10 Å². The zero-order chi connectivity index (χ0) is 19.2. The molecule has 7 nitrogen and oxygen atoms in total. The number of methoxy groups -OCH3 is 1. The average Bonchev–Trinajstić information content (AvgIpc) is 3.08. The third-order valence-corrected chi connectivity index (χ3v) is 5.01. The Morgan fingerprint density at radius 2 is 1.93 bits per heavy atom. The van der Waals surface area contributed by atoms with E-state index in [0.29, 0.717) is 40.3 Å². The van der Waals surface area contributed by atoms with Crippen molar-refractivity contribution in [3.05, 3.63) is 46.0 Å². The number of unbranched alkanes of at least 4 members (excludes halogenated alkanes) is 2. The smallest absolute Gasteiger partial charge is 0.196 e. The molecule has 3 rings (SSSR count). The Hall–Kier alpha value is -2.09. The minimum Gasteiger partial charge on any atom is -0.493 e. The lowest BCUT2D eigenvalue weighted by molar-refractivity contribution is 0.189. The molecule has 2 heterocycles. The number of nitrogens with zero attached hydrogens (tertiary/aromatic N) is 4. The van der Waals surface area contributed by atoms with Gasteiger partial charge in [-0.1, -0.05) is 23.2 Å². The van der Waals surface area contributed by atoms with E-state index in [9.17, 15) is 0 Å². The number of hydrogen-bond donors (Lipinski definition) is 1. The normalized spacial score (nSPS) is 11.2. The van der Waals surface area contributed by atoms with Gasteiger partial charge in [0, 0.05) is 25.7 Å². The molecule has 27 heavy (non-hydrogen) atoms. The van der Waals surface area contributed by atoms with Crippen molar-refractivity contribution in [2.75, 3.05) is 26.1 Å². The molecular weight excluding hydrogens is 389 g/mol. The van der Waals surface area contributed by atoms with Gasteiger partial charge < -0.3 is 15.2 Å². The molecule has 0 fully saturated rings. The van der Waals surface area contributed by atoms with Crippen LogP contribution in [0.3, 0.4) is 0 Å². The van der Waals surface area contributed by atoms with E-state index in [1.165, 1.54) is 6.33 Å². The van der Waals surface area contributed by atoms with Gasteiger partial charge in [0.2, 0.25) is 0 Å². The first-order chi connectivity index (χ1) is 13.1. The quantitative estimate of drug-likeness (QED) is 0.540. The van der Waals surface area contributed by atoms with Crippen LogP contribution in [0.4, 0.5) is 5.82 Å². The van der Waals surface area contributed by atoms with E-state index >= 15 is 0 Å². The summed E-state index contributed by atoms with van der Waals surface area (Å²) in [4.78, 5) is 8.23. The van der Waals surface area contributed by atoms with Gasteiger partial charge in [0.1, 0.15) is 12.1 Å². The summed E-state index contributed by atoms with van der Waals surface area (Å²) in [6.07, 6.45) is 6.53. The number of benzene rings is 1. The summed E-state index contributed by atoms with van der Waals surface area (Å²) in [5, 5.41) is 5.16. The van der Waals surface area contributed by atoms with Gasteiger partial charge in [-0.3, -0.25) is 0 Å². The minimum absolute atomic E-state index is 0.320. The molecule has 0 unspecified atom stereocenters. The van der Waals surface area contributed by atoms with Crippen LogP contribution in [0, 0.1) is 0 Å². The number of anilines is 1. The lowest BCUT2D eigenvalue weighted by atomic mass is 10.1. The molecule has 0 amide bonds. The van der Waals surface area contributed by atoms with Crippen molar-refractivity contribution < 1.29 is 9.47 Å². The molecule has 0 saturated carbocycles. The molecule has 2 aromatic heterocycles. The molecule has 144 valence electrons. The molecule has 1 aromatic carbocycles. The summed E-state index contributed by atoms with van der Waals surface area (Å²) in [5.74, 6) is 1.02. The molecule has 3 aromatic rings. The SMILES string of the molecule is COCCCCCOc1ccc(Cl)c(Cl)c1Cc1cnc2c(N)ncnn12. The highest BCUT2D eigenvalue weighted by molar-refractivity contribution is 6.42. The number of aromatic nitrogens is 4. The fourth-order valence-electron chi connectivity index (χ4n) is 2.77. The van der Waals surface area contributed by atoms with E-state index in [0.717, 1.165) is 37.1 Å². The topological polar surface area (TPSA) is 87.6 Å². The number of ether oxygens (including phenoxy) is 2. The Labute approximate surface area is 167 Å². The molecule has 0 aliphatic heterocycles. The Bertz CT molecular complexity index is 916. The van der Waals surface area contributed by atoms with Crippen LogP contribution in [-0.2, 0) is 11.2 Å². The Morgan fingerprint density at radius 1 is 1.11 bits per heavy atom. The summed E-state index contributed by atoms with van der Waals surface area (Å²) < 4.78 is 12.7. The number of nitrogen functional groups attached to an aromatic ring is 1. The van der Waals surface area contributed by atoms with Crippen molar-refractivity contribution in [1.82, 2.24) is 19.6 Å². The summed E-state index contributed by atoms with van der Waals surface area (Å²) in [7, 11) is 1.71. The standard InChI is InChI=1S/C18H21Cl2N5O2/c1-26-7-3-2-4-8-27-15-6-5-14(19)16(20)13(15)9-12-10-22-18-17(21)23-11-24-25(12)18/h5-6,10-11H,2-4,7-9H2,1H3,(H2,21,23,24). The second kappa shape index (κ2) is 9.21. The summed E-state index contributed by atoms with van der Waals surface area (Å²) in [6, 6.07) is 3.58. The van der Waals surface area contributed by atoms with E-state index < -0.39 is 0 Å². The largest absolute Gasteiger partial charge is 0.493 e. The van der Waals surface area contributed by atoms with Crippen molar-refractivity contribution in [2.24, 2.45) is 0 Å². The van der Waals surface area contributed by atoms with Crippen LogP contribution < -0.4 is 10.5 Å². The van der Waals surface area contributed by atoms with E-state index in [1.807, 2.05) is 6.07 Å². The lowest BCUT2D eigenvalue weighted by Gasteiger charge is -2.14. The highest BCUT2D eigenvalue weighted by Crippen LogP contribution is 2.35. The fraction of sp³-hybridized carbons (Fsp3) is 0.389. The first kappa shape index (κ1) is 19.7. The predicted octanol–water partition coefficient (Wildman–Crippen LogP) is 3.80. The van der Waals surface area contributed by atoms with Gasteiger partial charge in [0.25, 0.3) is 0 Å². The second-order valence-corrected chi connectivity index (χ2v) is 6.83. The molecule has 0 aliphatic carbocycles. The third kappa shape index (κ3) is 4.61. The van der Waals surface area contributed by atoms with E-state index in [4.69, 9.17) is 38.4 Å². The number of halogens is 2. The maximum absolute atomic E-state index is 6.46.